The molecule has 1 N–H and O–H groups in total. The van der Waals surface area contributed by atoms with E-state index in [-0.39, 0.29) is 11.3 Å². The maximum absolute atomic E-state index is 11.9. The molecule has 0 atom stereocenters. The lowest BCUT2D eigenvalue weighted by atomic mass is 9.93. The van der Waals surface area contributed by atoms with Crippen molar-refractivity contribution in [2.75, 3.05) is 5.32 Å². The summed E-state index contributed by atoms with van der Waals surface area (Å²) in [7, 11) is 0. The molecule has 3 nitrogen and oxygen atoms in total. The summed E-state index contributed by atoms with van der Waals surface area (Å²) >= 11 is 1.52. The van der Waals surface area contributed by atoms with Gasteiger partial charge in [0.15, 0.2) is 5.13 Å². The quantitative estimate of drug-likeness (QED) is 0.899. The Morgan fingerprint density at radius 3 is 2.67 bits per heavy atom. The third-order valence-electron chi connectivity index (χ3n) is 3.47. The predicted octanol–water partition coefficient (Wildman–Crippen LogP) is 3.96. The SMILES string of the molecule is CC(C)(C)c1csc(NC(=O)CC2CCCC2)n1. The summed E-state index contributed by atoms with van der Waals surface area (Å²) in [5.74, 6) is 0.712. The Balaban J connectivity index is 1.88. The lowest BCUT2D eigenvalue weighted by molar-refractivity contribution is -0.117. The Hall–Kier alpha value is -0.900. The fraction of sp³-hybridized carbons (Fsp3) is 0.714. The maximum atomic E-state index is 11.9. The number of hydrogen-bond donors (Lipinski definition) is 1. The van der Waals surface area contributed by atoms with Crippen LogP contribution in [0.2, 0.25) is 0 Å². The van der Waals surface area contributed by atoms with E-state index >= 15 is 0 Å². The van der Waals surface area contributed by atoms with Gasteiger partial charge in [-0.25, -0.2) is 4.98 Å². The molecule has 0 spiro atoms. The zero-order valence-corrected chi connectivity index (χ0v) is 12.3. The van der Waals surface area contributed by atoms with Gasteiger partial charge >= 0.3 is 0 Å². The number of amides is 1. The van der Waals surface area contributed by atoms with E-state index < -0.39 is 0 Å². The standard InChI is InChI=1S/C14H22N2OS/c1-14(2,3)11-9-18-13(15-11)16-12(17)8-10-6-4-5-7-10/h9-10H,4-8H2,1-3H3,(H,15,16,17). The van der Waals surface area contributed by atoms with Crippen LogP contribution in [0.25, 0.3) is 0 Å². The largest absolute Gasteiger partial charge is 0.302 e. The van der Waals surface area contributed by atoms with Crippen molar-refractivity contribution in [2.24, 2.45) is 5.92 Å². The third kappa shape index (κ3) is 3.55. The fourth-order valence-corrected chi connectivity index (χ4v) is 3.28. The van der Waals surface area contributed by atoms with Gasteiger partial charge in [-0.1, -0.05) is 33.6 Å². The van der Waals surface area contributed by atoms with E-state index in [1.807, 2.05) is 5.38 Å². The second kappa shape index (κ2) is 5.39. The number of aromatic nitrogens is 1. The molecule has 0 radical (unpaired) electrons. The molecule has 0 saturated heterocycles. The Kier molecular flexibility index (Phi) is 4.05. The van der Waals surface area contributed by atoms with Crippen molar-refractivity contribution in [3.05, 3.63) is 11.1 Å². The third-order valence-corrected chi connectivity index (χ3v) is 4.23. The smallest absolute Gasteiger partial charge is 0.226 e. The van der Waals surface area contributed by atoms with E-state index in [1.54, 1.807) is 0 Å². The van der Waals surface area contributed by atoms with Gasteiger partial charge in [0.1, 0.15) is 0 Å². The van der Waals surface area contributed by atoms with Crippen molar-refractivity contribution < 1.29 is 4.79 Å². The van der Waals surface area contributed by atoms with Crippen LogP contribution >= 0.6 is 11.3 Å². The van der Waals surface area contributed by atoms with Crippen molar-refractivity contribution in [3.63, 3.8) is 0 Å². The van der Waals surface area contributed by atoms with Crippen molar-refractivity contribution in [3.8, 4) is 0 Å². The first-order valence-electron chi connectivity index (χ1n) is 6.71. The predicted molar refractivity (Wildman–Crippen MR) is 76.0 cm³/mol. The lowest BCUT2D eigenvalue weighted by Crippen LogP contribution is -2.16. The highest BCUT2D eigenvalue weighted by Crippen LogP contribution is 2.29. The van der Waals surface area contributed by atoms with Gasteiger partial charge in [0.25, 0.3) is 0 Å². The number of anilines is 1. The van der Waals surface area contributed by atoms with E-state index in [4.69, 9.17) is 0 Å². The number of hydrogen-bond acceptors (Lipinski definition) is 3. The topological polar surface area (TPSA) is 42.0 Å². The molecular formula is C14H22N2OS. The van der Waals surface area contributed by atoms with Gasteiger partial charge in [-0.2, -0.15) is 0 Å². The molecule has 1 saturated carbocycles. The molecular weight excluding hydrogens is 244 g/mol. The average molecular weight is 266 g/mol. The fourth-order valence-electron chi connectivity index (χ4n) is 2.32. The van der Waals surface area contributed by atoms with Gasteiger partial charge in [-0.05, 0) is 18.8 Å². The minimum atomic E-state index is 0.0466. The number of nitrogens with one attached hydrogen (secondary N) is 1. The van der Waals surface area contributed by atoms with E-state index in [1.165, 1.54) is 37.0 Å². The highest BCUT2D eigenvalue weighted by atomic mass is 32.1. The van der Waals surface area contributed by atoms with Crippen molar-refractivity contribution >= 4 is 22.4 Å². The first-order chi connectivity index (χ1) is 8.45. The van der Waals surface area contributed by atoms with Crippen molar-refractivity contribution in [1.82, 2.24) is 4.98 Å². The van der Waals surface area contributed by atoms with Crippen LogP contribution in [0.5, 0.6) is 0 Å². The highest BCUT2D eigenvalue weighted by Gasteiger charge is 2.20. The average Bonchev–Trinajstić information content (AvgIpc) is 2.87. The van der Waals surface area contributed by atoms with Crippen LogP contribution < -0.4 is 5.32 Å². The zero-order valence-electron chi connectivity index (χ0n) is 11.5. The summed E-state index contributed by atoms with van der Waals surface area (Å²) in [5, 5.41) is 5.70. The number of carbonyl (C=O) groups excluding carboxylic acids is 1. The van der Waals surface area contributed by atoms with Crippen LogP contribution in [0.3, 0.4) is 0 Å². The Morgan fingerprint density at radius 1 is 1.44 bits per heavy atom. The van der Waals surface area contributed by atoms with Gasteiger partial charge in [-0.3, -0.25) is 4.79 Å². The first-order valence-corrected chi connectivity index (χ1v) is 7.59. The van der Waals surface area contributed by atoms with Crippen LogP contribution in [0.1, 0.15) is 58.6 Å². The van der Waals surface area contributed by atoms with Gasteiger partial charge in [0.2, 0.25) is 5.91 Å². The molecule has 1 amide bonds. The lowest BCUT2D eigenvalue weighted by Gasteiger charge is -2.14. The van der Waals surface area contributed by atoms with E-state index in [9.17, 15) is 4.79 Å². The summed E-state index contributed by atoms with van der Waals surface area (Å²) in [6, 6.07) is 0. The van der Waals surface area contributed by atoms with Crippen molar-refractivity contribution in [1.29, 1.82) is 0 Å². The van der Waals surface area contributed by atoms with Gasteiger partial charge in [0.05, 0.1) is 5.69 Å². The maximum Gasteiger partial charge on any atom is 0.226 e. The van der Waals surface area contributed by atoms with Gasteiger partial charge < -0.3 is 5.32 Å². The molecule has 100 valence electrons. The normalized spacial score (nSPS) is 17.1. The minimum absolute atomic E-state index is 0.0466. The molecule has 0 unspecified atom stereocenters. The minimum Gasteiger partial charge on any atom is -0.302 e. The Labute approximate surface area is 113 Å². The first kappa shape index (κ1) is 13.5. The number of carbonyl (C=O) groups is 1. The summed E-state index contributed by atoms with van der Waals surface area (Å²) in [6.07, 6.45) is 5.63. The second-order valence-electron chi connectivity index (χ2n) is 6.19. The summed E-state index contributed by atoms with van der Waals surface area (Å²) in [5.41, 5.74) is 1.09. The number of nitrogens with zero attached hydrogens (tertiary/aromatic N) is 1. The van der Waals surface area contributed by atoms with Crippen LogP contribution in [0, 0.1) is 5.92 Å². The molecule has 4 heteroatoms. The molecule has 1 aromatic heterocycles. The van der Waals surface area contributed by atoms with E-state index in [2.05, 4.69) is 31.1 Å². The Bertz CT molecular complexity index is 414. The molecule has 18 heavy (non-hydrogen) atoms. The van der Waals surface area contributed by atoms with E-state index in [0.29, 0.717) is 12.3 Å². The van der Waals surface area contributed by atoms with Crippen LogP contribution in [0.15, 0.2) is 5.38 Å². The van der Waals surface area contributed by atoms with E-state index in [0.717, 1.165) is 10.8 Å². The second-order valence-corrected chi connectivity index (χ2v) is 7.05. The molecule has 1 aliphatic rings. The van der Waals surface area contributed by atoms with Crippen molar-refractivity contribution in [2.45, 2.75) is 58.3 Å². The van der Waals surface area contributed by atoms with Crippen LogP contribution in [-0.4, -0.2) is 10.9 Å². The Morgan fingerprint density at radius 2 is 2.11 bits per heavy atom. The number of rotatable bonds is 3. The van der Waals surface area contributed by atoms with Gasteiger partial charge in [-0.15, -0.1) is 11.3 Å². The summed E-state index contributed by atoms with van der Waals surface area (Å²) < 4.78 is 0. The molecule has 1 aliphatic carbocycles. The summed E-state index contributed by atoms with van der Waals surface area (Å²) in [6.45, 7) is 6.39. The molecule has 0 aliphatic heterocycles. The molecule has 1 fully saturated rings. The number of thiazole rings is 1. The molecule has 0 aromatic carbocycles. The molecule has 1 heterocycles. The molecule has 1 aromatic rings. The van der Waals surface area contributed by atoms with Gasteiger partial charge in [0, 0.05) is 17.2 Å². The molecule has 0 bridgehead atoms. The highest BCUT2D eigenvalue weighted by molar-refractivity contribution is 7.13. The monoisotopic (exact) mass is 266 g/mol. The summed E-state index contributed by atoms with van der Waals surface area (Å²) in [4.78, 5) is 16.4. The zero-order chi connectivity index (χ0) is 13.2. The van der Waals surface area contributed by atoms with Crippen LogP contribution in [-0.2, 0) is 10.2 Å². The van der Waals surface area contributed by atoms with Crippen LogP contribution in [0.4, 0.5) is 5.13 Å². The molecule has 2 rings (SSSR count).